The topological polar surface area (TPSA) is 55.4 Å². The predicted molar refractivity (Wildman–Crippen MR) is 77.0 cm³/mol. The molecule has 0 radical (unpaired) electrons. The normalized spacial score (nSPS) is 12.1. The number of ketones is 1. The lowest BCUT2D eigenvalue weighted by Gasteiger charge is -2.23. The maximum Gasteiger partial charge on any atom is 0.408 e. The fraction of sp³-hybridized carbons (Fsp3) is 0.375. The molecule has 0 spiro atoms. The monoisotopic (exact) mass is 273 g/mol. The molecular formula is C16H19NO3. The first-order valence-corrected chi connectivity index (χ1v) is 6.36. The standard InChI is InChI=1S/C16H19NO3/c1-5-13(18)11-14(12-9-7-6-8-10-12)17-15(19)20-16(2,3)4/h1,6-10,14H,11H2,2-4H3,(H,17,19)/t14-/m1/s1. The molecular weight excluding hydrogens is 254 g/mol. The van der Waals surface area contributed by atoms with Gasteiger partial charge in [-0.3, -0.25) is 4.79 Å². The van der Waals surface area contributed by atoms with Gasteiger partial charge in [-0.1, -0.05) is 30.3 Å². The fourth-order valence-corrected chi connectivity index (χ4v) is 1.63. The summed E-state index contributed by atoms with van der Waals surface area (Å²) in [5.74, 6) is 1.69. The molecule has 1 N–H and O–H groups in total. The Bertz CT molecular complexity index is 509. The third-order valence-corrected chi connectivity index (χ3v) is 2.44. The van der Waals surface area contributed by atoms with Gasteiger partial charge in [-0.15, -0.1) is 6.42 Å². The maximum absolute atomic E-state index is 11.8. The largest absolute Gasteiger partial charge is 0.444 e. The van der Waals surface area contributed by atoms with Crippen molar-refractivity contribution in [3.8, 4) is 12.3 Å². The Balaban J connectivity index is 2.82. The van der Waals surface area contributed by atoms with Gasteiger partial charge < -0.3 is 10.1 Å². The third-order valence-electron chi connectivity index (χ3n) is 2.44. The molecule has 20 heavy (non-hydrogen) atoms. The van der Waals surface area contributed by atoms with Gasteiger partial charge in [0.1, 0.15) is 5.60 Å². The zero-order valence-electron chi connectivity index (χ0n) is 12.0. The Hall–Kier alpha value is -2.28. The van der Waals surface area contributed by atoms with E-state index < -0.39 is 17.7 Å². The lowest BCUT2D eigenvalue weighted by Crippen LogP contribution is -2.35. The summed E-state index contributed by atoms with van der Waals surface area (Å²) in [6.45, 7) is 5.32. The summed E-state index contributed by atoms with van der Waals surface area (Å²) in [6.07, 6.45) is 4.56. The minimum atomic E-state index is -0.596. The van der Waals surface area contributed by atoms with Crippen molar-refractivity contribution in [3.05, 3.63) is 35.9 Å². The number of rotatable bonds is 4. The van der Waals surface area contributed by atoms with Crippen LogP contribution in [-0.2, 0) is 9.53 Å². The number of hydrogen-bond acceptors (Lipinski definition) is 3. The highest BCUT2D eigenvalue weighted by Gasteiger charge is 2.21. The van der Waals surface area contributed by atoms with Crippen molar-refractivity contribution in [3.63, 3.8) is 0 Å². The van der Waals surface area contributed by atoms with Gasteiger partial charge in [0.2, 0.25) is 5.78 Å². The first kappa shape index (κ1) is 15.8. The molecule has 0 saturated heterocycles. The minimum Gasteiger partial charge on any atom is -0.444 e. The Kier molecular flexibility index (Phi) is 5.33. The van der Waals surface area contributed by atoms with E-state index >= 15 is 0 Å². The van der Waals surface area contributed by atoms with Gasteiger partial charge in [0.05, 0.1) is 6.04 Å². The van der Waals surface area contributed by atoms with E-state index in [1.54, 1.807) is 20.8 Å². The van der Waals surface area contributed by atoms with Crippen LogP contribution in [0.4, 0.5) is 4.79 Å². The highest BCUT2D eigenvalue weighted by atomic mass is 16.6. The van der Waals surface area contributed by atoms with Crippen molar-refractivity contribution in [2.45, 2.75) is 38.8 Å². The number of nitrogens with one attached hydrogen (secondary N) is 1. The van der Waals surface area contributed by atoms with Crippen LogP contribution in [0.3, 0.4) is 0 Å². The van der Waals surface area contributed by atoms with E-state index in [1.807, 2.05) is 30.3 Å². The quantitative estimate of drug-likeness (QED) is 0.678. The molecule has 0 aromatic heterocycles. The summed E-state index contributed by atoms with van der Waals surface area (Å²) < 4.78 is 5.19. The molecule has 0 bridgehead atoms. The molecule has 1 aromatic rings. The van der Waals surface area contributed by atoms with E-state index in [1.165, 1.54) is 0 Å². The van der Waals surface area contributed by atoms with Gasteiger partial charge in [-0.05, 0) is 32.3 Å². The molecule has 0 aliphatic rings. The molecule has 0 fully saturated rings. The predicted octanol–water partition coefficient (Wildman–Crippen LogP) is 2.84. The second-order valence-electron chi connectivity index (χ2n) is 5.38. The van der Waals surface area contributed by atoms with Crippen LogP contribution in [0.25, 0.3) is 0 Å². The number of hydrogen-bond donors (Lipinski definition) is 1. The van der Waals surface area contributed by atoms with E-state index in [-0.39, 0.29) is 12.2 Å². The molecule has 1 amide bonds. The Morgan fingerprint density at radius 3 is 2.40 bits per heavy atom. The van der Waals surface area contributed by atoms with E-state index in [2.05, 4.69) is 11.2 Å². The number of alkyl carbamates (subject to hydrolysis) is 1. The van der Waals surface area contributed by atoms with Gasteiger partial charge in [-0.2, -0.15) is 0 Å². The van der Waals surface area contributed by atoms with Gasteiger partial charge in [0.15, 0.2) is 0 Å². The summed E-state index contributed by atoms with van der Waals surface area (Å²) in [7, 11) is 0. The molecule has 4 heteroatoms. The molecule has 1 aromatic carbocycles. The third kappa shape index (κ3) is 5.57. The van der Waals surface area contributed by atoms with Gasteiger partial charge >= 0.3 is 6.09 Å². The number of benzene rings is 1. The Labute approximate surface area is 119 Å². The van der Waals surface area contributed by atoms with Crippen molar-refractivity contribution in [1.82, 2.24) is 5.32 Å². The number of Topliss-reactive ketones (excluding diaryl/α,β-unsaturated/α-hetero) is 1. The SMILES string of the molecule is C#CC(=O)C[C@@H](NC(=O)OC(C)(C)C)c1ccccc1. The lowest BCUT2D eigenvalue weighted by molar-refractivity contribution is -0.114. The summed E-state index contributed by atoms with van der Waals surface area (Å²) in [4.78, 5) is 23.2. The van der Waals surface area contributed by atoms with Crippen LogP contribution in [0, 0.1) is 12.3 Å². The van der Waals surface area contributed by atoms with Crippen LogP contribution in [-0.4, -0.2) is 17.5 Å². The smallest absolute Gasteiger partial charge is 0.408 e. The number of carbonyl (C=O) groups excluding carboxylic acids is 2. The molecule has 4 nitrogen and oxygen atoms in total. The van der Waals surface area contributed by atoms with Crippen LogP contribution >= 0.6 is 0 Å². The second kappa shape index (κ2) is 6.76. The fourth-order valence-electron chi connectivity index (χ4n) is 1.63. The average molecular weight is 273 g/mol. The summed E-state index contributed by atoms with van der Waals surface area (Å²) in [6, 6.07) is 8.68. The van der Waals surface area contributed by atoms with Crippen LogP contribution in [0.2, 0.25) is 0 Å². The zero-order chi connectivity index (χ0) is 15.2. The molecule has 1 atom stereocenters. The maximum atomic E-state index is 11.8. The number of terminal acetylenes is 1. The number of amides is 1. The summed E-state index contributed by atoms with van der Waals surface area (Å²) in [5.41, 5.74) is 0.212. The number of ether oxygens (including phenoxy) is 1. The molecule has 0 saturated carbocycles. The zero-order valence-corrected chi connectivity index (χ0v) is 12.0. The van der Waals surface area contributed by atoms with E-state index in [9.17, 15) is 9.59 Å². The van der Waals surface area contributed by atoms with Crippen molar-refractivity contribution >= 4 is 11.9 Å². The van der Waals surface area contributed by atoms with Crippen molar-refractivity contribution in [1.29, 1.82) is 0 Å². The first-order valence-electron chi connectivity index (χ1n) is 6.36. The van der Waals surface area contributed by atoms with Crippen molar-refractivity contribution in [2.75, 3.05) is 0 Å². The molecule has 0 heterocycles. The van der Waals surface area contributed by atoms with Crippen LogP contribution in [0.1, 0.15) is 38.8 Å². The van der Waals surface area contributed by atoms with Crippen molar-refractivity contribution in [2.24, 2.45) is 0 Å². The molecule has 0 aliphatic heterocycles. The van der Waals surface area contributed by atoms with Gasteiger partial charge in [0.25, 0.3) is 0 Å². The van der Waals surface area contributed by atoms with Crippen LogP contribution in [0.15, 0.2) is 30.3 Å². The molecule has 0 aliphatic carbocycles. The Morgan fingerprint density at radius 1 is 1.30 bits per heavy atom. The van der Waals surface area contributed by atoms with Gasteiger partial charge in [-0.25, -0.2) is 4.79 Å². The molecule has 106 valence electrons. The highest BCUT2D eigenvalue weighted by molar-refractivity contribution is 5.95. The minimum absolute atomic E-state index is 0.0414. The van der Waals surface area contributed by atoms with Gasteiger partial charge in [0, 0.05) is 6.42 Å². The van der Waals surface area contributed by atoms with E-state index in [0.29, 0.717) is 0 Å². The second-order valence-corrected chi connectivity index (χ2v) is 5.38. The summed E-state index contributed by atoms with van der Waals surface area (Å²) in [5, 5.41) is 2.68. The lowest BCUT2D eigenvalue weighted by atomic mass is 10.0. The van der Waals surface area contributed by atoms with E-state index in [4.69, 9.17) is 11.2 Å². The van der Waals surface area contributed by atoms with Crippen LogP contribution in [0.5, 0.6) is 0 Å². The Morgan fingerprint density at radius 2 is 1.90 bits per heavy atom. The van der Waals surface area contributed by atoms with Crippen LogP contribution < -0.4 is 5.32 Å². The van der Waals surface area contributed by atoms with Crippen molar-refractivity contribution < 1.29 is 14.3 Å². The molecule has 1 rings (SSSR count). The summed E-state index contributed by atoms with van der Waals surface area (Å²) >= 11 is 0. The highest BCUT2D eigenvalue weighted by Crippen LogP contribution is 2.18. The number of carbonyl (C=O) groups is 2. The average Bonchev–Trinajstić information content (AvgIpc) is 2.36. The molecule has 0 unspecified atom stereocenters. The first-order chi connectivity index (χ1) is 9.31. The van der Waals surface area contributed by atoms with E-state index in [0.717, 1.165) is 5.56 Å².